The number of rotatable bonds is 4. The van der Waals surface area contributed by atoms with Gasteiger partial charge < -0.3 is 9.97 Å². The molecule has 0 radical (unpaired) electrons. The average molecular weight is 617 g/mol. The van der Waals surface area contributed by atoms with Gasteiger partial charge in [-0.2, -0.15) is 0 Å². The lowest BCUT2D eigenvalue weighted by Gasteiger charge is -2.07. The van der Waals surface area contributed by atoms with Crippen LogP contribution in [-0.4, -0.2) is 19.9 Å². The van der Waals surface area contributed by atoms with E-state index in [0.717, 1.165) is 102 Å². The van der Waals surface area contributed by atoms with Crippen molar-refractivity contribution >= 4 is 34.2 Å². The Morgan fingerprint density at radius 1 is 0.333 bits per heavy atom. The third-order valence-corrected chi connectivity index (χ3v) is 9.30. The number of benzene rings is 4. The molecule has 5 heterocycles. The van der Waals surface area contributed by atoms with Gasteiger partial charge in [-0.1, -0.05) is 121 Å². The minimum atomic E-state index is 0.835. The molecule has 0 fully saturated rings. The molecule has 4 nitrogen and oxygen atoms in total. The first-order chi connectivity index (χ1) is 23.8. The number of nitrogens with one attached hydrogen (secondary N) is 2. The van der Waals surface area contributed by atoms with Crippen molar-refractivity contribution in [2.45, 2.75) is 12.8 Å². The molecule has 2 aliphatic rings. The summed E-state index contributed by atoms with van der Waals surface area (Å²) in [6.45, 7) is 0. The number of hydrogen-bond donors (Lipinski definition) is 2. The molecule has 0 aliphatic carbocycles. The minimum Gasteiger partial charge on any atom is -0.354 e. The molecule has 0 atom stereocenters. The monoisotopic (exact) mass is 616 g/mol. The van der Waals surface area contributed by atoms with Gasteiger partial charge in [-0.15, -0.1) is 0 Å². The number of aryl methyl sites for hydroxylation is 2. The Hall–Kier alpha value is -6.26. The van der Waals surface area contributed by atoms with Crippen molar-refractivity contribution in [1.82, 2.24) is 19.9 Å². The van der Waals surface area contributed by atoms with E-state index in [2.05, 4.69) is 168 Å². The van der Waals surface area contributed by atoms with Gasteiger partial charge >= 0.3 is 0 Å². The van der Waals surface area contributed by atoms with Crippen molar-refractivity contribution in [3.8, 4) is 44.5 Å². The fourth-order valence-electron chi connectivity index (χ4n) is 7.14. The molecule has 4 aromatic carbocycles. The molecule has 228 valence electrons. The second kappa shape index (κ2) is 11.8. The Labute approximate surface area is 279 Å². The van der Waals surface area contributed by atoms with Crippen LogP contribution in [0.4, 0.5) is 0 Å². The van der Waals surface area contributed by atoms with Gasteiger partial charge in [0.2, 0.25) is 0 Å². The molecule has 0 spiro atoms. The van der Waals surface area contributed by atoms with Gasteiger partial charge in [-0.3, -0.25) is 4.98 Å². The fourth-order valence-corrected chi connectivity index (χ4v) is 7.14. The molecule has 0 saturated carbocycles. The van der Waals surface area contributed by atoms with E-state index in [1.807, 2.05) is 0 Å². The Kier molecular flexibility index (Phi) is 6.90. The zero-order chi connectivity index (χ0) is 31.9. The highest BCUT2D eigenvalue weighted by Crippen LogP contribution is 2.38. The van der Waals surface area contributed by atoms with E-state index in [0.29, 0.717) is 0 Å². The van der Waals surface area contributed by atoms with Gasteiger partial charge in [0, 0.05) is 44.3 Å². The van der Waals surface area contributed by atoms with Crippen molar-refractivity contribution in [3.63, 3.8) is 0 Å². The summed E-state index contributed by atoms with van der Waals surface area (Å²) in [5.41, 5.74) is 17.0. The molecule has 7 aromatic rings. The first kappa shape index (κ1) is 28.0. The van der Waals surface area contributed by atoms with E-state index in [4.69, 9.17) is 9.97 Å². The quantitative estimate of drug-likeness (QED) is 0.207. The zero-order valence-corrected chi connectivity index (χ0v) is 26.3. The van der Waals surface area contributed by atoms with E-state index in [1.54, 1.807) is 0 Å². The molecule has 0 unspecified atom stereocenters. The van der Waals surface area contributed by atoms with Crippen LogP contribution in [-0.2, 0) is 12.8 Å². The summed E-state index contributed by atoms with van der Waals surface area (Å²) < 4.78 is 0. The summed E-state index contributed by atoms with van der Waals surface area (Å²) in [6.07, 6.45) is 5.98. The summed E-state index contributed by atoms with van der Waals surface area (Å²) in [5.74, 6) is 0. The molecule has 0 amide bonds. The smallest absolute Gasteiger partial charge is 0.0737 e. The summed E-state index contributed by atoms with van der Waals surface area (Å²) in [6, 6.07) is 51.2. The molecule has 4 heteroatoms. The van der Waals surface area contributed by atoms with Crippen molar-refractivity contribution in [2.75, 3.05) is 0 Å². The molecule has 2 N–H and O–H groups in total. The topological polar surface area (TPSA) is 57.4 Å². The van der Waals surface area contributed by atoms with Crippen LogP contribution in [0, 0.1) is 0 Å². The van der Waals surface area contributed by atoms with Crippen LogP contribution in [0.5, 0.6) is 0 Å². The summed E-state index contributed by atoms with van der Waals surface area (Å²) >= 11 is 0. The van der Waals surface area contributed by atoms with Crippen LogP contribution in [0.1, 0.15) is 22.8 Å². The van der Waals surface area contributed by atoms with Crippen LogP contribution in [0.15, 0.2) is 146 Å². The molecular formula is C44H32N4. The van der Waals surface area contributed by atoms with Gasteiger partial charge in [0.25, 0.3) is 0 Å². The third-order valence-electron chi connectivity index (χ3n) is 9.30. The highest BCUT2D eigenvalue weighted by molar-refractivity contribution is 5.98. The number of hydrogen-bond acceptors (Lipinski definition) is 2. The number of H-pyrrole nitrogens is 2. The van der Waals surface area contributed by atoms with Crippen LogP contribution >= 0.6 is 0 Å². The highest BCUT2D eigenvalue weighted by atomic mass is 14.8. The maximum absolute atomic E-state index is 5.45. The standard InChI is InChI=1S/C44H32N4/c1-5-13-29(14-6-1)41-33-21-23-35(45-33)42(30-15-7-2-8-16-30)37-25-27-39(47-37)44(32-19-11-4-12-20-32)40-28-26-38(48-40)43(31-17-9-3-10-18-31)36-24-22-34(41)46-36/h1-25,27,45-46H,26,28H2. The van der Waals surface area contributed by atoms with Gasteiger partial charge in [-0.05, 0) is 71.5 Å². The van der Waals surface area contributed by atoms with Crippen molar-refractivity contribution < 1.29 is 0 Å². The molecule has 2 aliphatic heterocycles. The van der Waals surface area contributed by atoms with Crippen molar-refractivity contribution in [1.29, 1.82) is 0 Å². The number of fused-ring (bicyclic) bond motifs is 8. The third kappa shape index (κ3) is 4.95. The van der Waals surface area contributed by atoms with Gasteiger partial charge in [0.15, 0.2) is 0 Å². The first-order valence-electron chi connectivity index (χ1n) is 16.5. The Morgan fingerprint density at radius 3 is 1.19 bits per heavy atom. The maximum Gasteiger partial charge on any atom is 0.0737 e. The summed E-state index contributed by atoms with van der Waals surface area (Å²) in [5, 5.41) is 0. The van der Waals surface area contributed by atoms with Gasteiger partial charge in [0.05, 0.1) is 22.8 Å². The number of aromatic nitrogens is 4. The molecule has 3 aromatic heterocycles. The molecule has 8 bridgehead atoms. The van der Waals surface area contributed by atoms with Crippen LogP contribution in [0.3, 0.4) is 0 Å². The Bertz CT molecular complexity index is 2470. The Balaban J connectivity index is 1.48. The minimum absolute atomic E-state index is 0.835. The zero-order valence-electron chi connectivity index (χ0n) is 26.3. The van der Waals surface area contributed by atoms with Crippen LogP contribution < -0.4 is 0 Å². The second-order valence-electron chi connectivity index (χ2n) is 12.3. The van der Waals surface area contributed by atoms with Crippen molar-refractivity contribution in [3.05, 3.63) is 168 Å². The lowest BCUT2D eigenvalue weighted by atomic mass is 10.00. The normalized spacial score (nSPS) is 12.3. The summed E-state index contributed by atoms with van der Waals surface area (Å²) in [7, 11) is 0. The number of aromatic amines is 2. The van der Waals surface area contributed by atoms with E-state index in [9.17, 15) is 0 Å². The van der Waals surface area contributed by atoms with E-state index in [-0.39, 0.29) is 0 Å². The highest BCUT2D eigenvalue weighted by Gasteiger charge is 2.21. The van der Waals surface area contributed by atoms with Crippen molar-refractivity contribution in [2.24, 2.45) is 0 Å². The molecule has 9 rings (SSSR count). The van der Waals surface area contributed by atoms with Gasteiger partial charge in [0.1, 0.15) is 0 Å². The average Bonchev–Trinajstić information content (AvgIpc) is 3.98. The fraction of sp³-hybridized carbons (Fsp3) is 0.0455. The SMILES string of the molecule is C1=Cc2nc1c(-c1ccccc1)c1nc(c(-c3ccccc3)c3ccc([nH]3)c(-c3ccccc3)c3ccc([nH]3)c2-c2ccccc2)CC1. The lowest BCUT2D eigenvalue weighted by Crippen LogP contribution is -1.91. The van der Waals surface area contributed by atoms with E-state index >= 15 is 0 Å². The molecular weight excluding hydrogens is 585 g/mol. The molecule has 48 heavy (non-hydrogen) atoms. The Morgan fingerprint density at radius 2 is 0.688 bits per heavy atom. The van der Waals surface area contributed by atoms with Gasteiger partial charge in [-0.25, -0.2) is 4.98 Å². The van der Waals surface area contributed by atoms with Crippen LogP contribution in [0.25, 0.3) is 78.7 Å². The summed E-state index contributed by atoms with van der Waals surface area (Å²) in [4.78, 5) is 18.5. The van der Waals surface area contributed by atoms with E-state index in [1.165, 1.54) is 0 Å². The number of nitrogens with zero attached hydrogens (tertiary/aromatic N) is 2. The largest absolute Gasteiger partial charge is 0.354 e. The predicted molar refractivity (Wildman–Crippen MR) is 199 cm³/mol. The molecule has 0 saturated heterocycles. The first-order valence-corrected chi connectivity index (χ1v) is 16.5. The lowest BCUT2D eigenvalue weighted by molar-refractivity contribution is 1.03. The van der Waals surface area contributed by atoms with E-state index < -0.39 is 0 Å². The maximum atomic E-state index is 5.45. The second-order valence-corrected chi connectivity index (χ2v) is 12.3. The van der Waals surface area contributed by atoms with Crippen LogP contribution in [0.2, 0.25) is 0 Å². The predicted octanol–water partition coefficient (Wildman–Crippen LogP) is 10.9.